The lowest BCUT2D eigenvalue weighted by Gasteiger charge is -2.21. The number of carbonyl (C=O) groups excluding carboxylic acids is 1. The number of halogens is 1. The lowest BCUT2D eigenvalue weighted by Crippen LogP contribution is -2.92. The smallest absolute Gasteiger partial charge is 0.282 e. The summed E-state index contributed by atoms with van der Waals surface area (Å²) in [5.41, 5.74) is 2.96. The Morgan fingerprint density at radius 2 is 1.35 bits per heavy atom. The summed E-state index contributed by atoms with van der Waals surface area (Å²) in [6.45, 7) is 1.91. The van der Waals surface area contributed by atoms with Crippen LogP contribution in [0.2, 0.25) is 5.02 Å². The highest BCUT2D eigenvalue weighted by Gasteiger charge is 2.25. The Hall–Kier alpha value is -2.62. The van der Waals surface area contributed by atoms with Crippen molar-refractivity contribution in [3.63, 3.8) is 0 Å². The maximum atomic E-state index is 12.7. The number of nitrogens with one attached hydrogen (secondary N) is 1. The second-order valence-corrected chi connectivity index (χ2v) is 6.66. The molecule has 0 aromatic heterocycles. The lowest BCUT2D eigenvalue weighted by atomic mass is 9.98. The van der Waals surface area contributed by atoms with Gasteiger partial charge in [-0.2, -0.15) is 0 Å². The average molecular weight is 366 g/mol. The number of hydrogen-bond donors (Lipinski definition) is 2. The molecule has 26 heavy (non-hydrogen) atoms. The van der Waals surface area contributed by atoms with Crippen LogP contribution in [-0.4, -0.2) is 11.9 Å². The molecule has 0 aliphatic heterocycles. The van der Waals surface area contributed by atoms with E-state index in [1.54, 1.807) is 12.1 Å². The first kappa shape index (κ1) is 18.2. The van der Waals surface area contributed by atoms with Crippen molar-refractivity contribution in [1.29, 1.82) is 0 Å². The van der Waals surface area contributed by atoms with Crippen molar-refractivity contribution in [2.45, 2.75) is 19.0 Å². The number of anilines is 1. The highest BCUT2D eigenvalue weighted by molar-refractivity contribution is 6.33. The van der Waals surface area contributed by atoms with Crippen LogP contribution in [0.5, 0.6) is 0 Å². The molecule has 0 fully saturated rings. The van der Waals surface area contributed by atoms with E-state index in [0.717, 1.165) is 11.1 Å². The van der Waals surface area contributed by atoms with Gasteiger partial charge in [-0.3, -0.25) is 4.79 Å². The summed E-state index contributed by atoms with van der Waals surface area (Å²) in [4.78, 5) is 12.7. The molecule has 0 heterocycles. The predicted octanol–water partition coefficient (Wildman–Crippen LogP) is 4.02. The molecule has 3 rings (SSSR count). The van der Waals surface area contributed by atoms with Gasteiger partial charge in [0, 0.05) is 11.1 Å². The molecule has 1 atom stereocenters. The van der Waals surface area contributed by atoms with E-state index < -0.39 is 0 Å². The predicted molar refractivity (Wildman–Crippen MR) is 106 cm³/mol. The molecule has 0 aliphatic carbocycles. The fourth-order valence-corrected chi connectivity index (χ4v) is 3.10. The molecule has 3 nitrogen and oxygen atoms in total. The number of para-hydroxylation sites is 1. The fraction of sp³-hybridized carbons (Fsp3) is 0.136. The normalized spacial score (nSPS) is 12.0. The van der Waals surface area contributed by atoms with Crippen LogP contribution in [-0.2, 0) is 4.79 Å². The second-order valence-electron chi connectivity index (χ2n) is 6.25. The number of amides is 1. The molecular formula is C22H22ClN2O+. The van der Waals surface area contributed by atoms with Gasteiger partial charge in [-0.25, -0.2) is 0 Å². The summed E-state index contributed by atoms with van der Waals surface area (Å²) in [6.07, 6.45) is 0. The van der Waals surface area contributed by atoms with Gasteiger partial charge in [0.25, 0.3) is 5.91 Å². The van der Waals surface area contributed by atoms with Gasteiger partial charge in [0.1, 0.15) is 6.04 Å². The summed E-state index contributed by atoms with van der Waals surface area (Å²) in [6, 6.07) is 27.5. The highest BCUT2D eigenvalue weighted by Crippen LogP contribution is 2.21. The molecule has 0 saturated heterocycles. The minimum Gasteiger partial charge on any atom is -0.326 e. The zero-order valence-electron chi connectivity index (χ0n) is 14.6. The molecule has 1 amide bonds. The van der Waals surface area contributed by atoms with Gasteiger partial charge >= 0.3 is 0 Å². The van der Waals surface area contributed by atoms with Crippen molar-refractivity contribution in [3.05, 3.63) is 101 Å². The zero-order chi connectivity index (χ0) is 18.4. The van der Waals surface area contributed by atoms with Crippen molar-refractivity contribution in [2.75, 3.05) is 5.32 Å². The molecule has 3 aromatic rings. The van der Waals surface area contributed by atoms with Gasteiger partial charge in [-0.05, 0) is 19.1 Å². The van der Waals surface area contributed by atoms with Crippen LogP contribution in [0.25, 0.3) is 0 Å². The molecule has 132 valence electrons. The van der Waals surface area contributed by atoms with Gasteiger partial charge < -0.3 is 10.6 Å². The van der Waals surface area contributed by atoms with Crippen molar-refractivity contribution < 1.29 is 10.1 Å². The van der Waals surface area contributed by atoms with E-state index in [1.807, 2.05) is 55.5 Å². The Bertz CT molecular complexity index is 813. The number of nitrogens with two attached hydrogens (primary N) is 1. The van der Waals surface area contributed by atoms with Gasteiger partial charge in [0.15, 0.2) is 6.04 Å². The Morgan fingerprint density at radius 1 is 0.846 bits per heavy atom. The summed E-state index contributed by atoms with van der Waals surface area (Å²) < 4.78 is 0. The Labute approximate surface area is 159 Å². The van der Waals surface area contributed by atoms with Crippen LogP contribution in [0, 0.1) is 0 Å². The molecular weight excluding hydrogens is 344 g/mol. The molecule has 0 radical (unpaired) electrons. The Morgan fingerprint density at radius 3 is 1.88 bits per heavy atom. The summed E-state index contributed by atoms with van der Waals surface area (Å²) in [5, 5.41) is 5.53. The molecule has 3 aromatic carbocycles. The van der Waals surface area contributed by atoms with E-state index in [0.29, 0.717) is 10.7 Å². The standard InChI is InChI=1S/C22H21ClN2O/c1-16(22(26)25-20-15-9-8-14-19(20)23)24-21(17-10-4-2-5-11-17)18-12-6-3-7-13-18/h2-16,21,24H,1H3,(H,25,26)/p+1/t16-/m0/s1. The minimum atomic E-state index is -0.281. The van der Waals surface area contributed by atoms with Crippen LogP contribution in [0.4, 0.5) is 5.69 Å². The van der Waals surface area contributed by atoms with Gasteiger partial charge in [-0.1, -0.05) is 84.4 Å². The maximum absolute atomic E-state index is 12.7. The molecule has 4 heteroatoms. The van der Waals surface area contributed by atoms with E-state index in [-0.39, 0.29) is 18.0 Å². The van der Waals surface area contributed by atoms with Crippen molar-refractivity contribution in [3.8, 4) is 0 Å². The summed E-state index contributed by atoms with van der Waals surface area (Å²) >= 11 is 6.15. The number of rotatable bonds is 6. The molecule has 0 aliphatic rings. The maximum Gasteiger partial charge on any atom is 0.282 e. The van der Waals surface area contributed by atoms with E-state index in [1.165, 1.54) is 0 Å². The first-order valence-corrected chi connectivity index (χ1v) is 9.03. The first-order chi connectivity index (χ1) is 12.6. The third-order valence-electron chi connectivity index (χ3n) is 4.34. The van der Waals surface area contributed by atoms with Crippen molar-refractivity contribution >= 4 is 23.2 Å². The van der Waals surface area contributed by atoms with Gasteiger partial charge in [-0.15, -0.1) is 0 Å². The highest BCUT2D eigenvalue weighted by atomic mass is 35.5. The lowest BCUT2D eigenvalue weighted by molar-refractivity contribution is -0.704. The molecule has 3 N–H and O–H groups in total. The molecule has 0 unspecified atom stereocenters. The topological polar surface area (TPSA) is 45.7 Å². The average Bonchev–Trinajstić information content (AvgIpc) is 2.69. The SMILES string of the molecule is C[C@H]([NH2+]C(c1ccccc1)c1ccccc1)C(=O)Nc1ccccc1Cl. The van der Waals surface area contributed by atoms with E-state index >= 15 is 0 Å². The quantitative estimate of drug-likeness (QED) is 0.681. The van der Waals surface area contributed by atoms with Crippen LogP contribution in [0.3, 0.4) is 0 Å². The molecule has 0 bridgehead atoms. The third kappa shape index (κ3) is 4.51. The zero-order valence-corrected chi connectivity index (χ0v) is 15.4. The van der Waals surface area contributed by atoms with Gasteiger partial charge in [0.05, 0.1) is 10.7 Å². The monoisotopic (exact) mass is 365 g/mol. The van der Waals surface area contributed by atoms with Crippen LogP contribution in [0.1, 0.15) is 24.1 Å². The number of hydrogen-bond acceptors (Lipinski definition) is 1. The van der Waals surface area contributed by atoms with Gasteiger partial charge in [0.2, 0.25) is 0 Å². The summed E-state index contributed by atoms with van der Waals surface area (Å²) in [5.74, 6) is -0.0741. The van der Waals surface area contributed by atoms with E-state index in [2.05, 4.69) is 34.9 Å². The van der Waals surface area contributed by atoms with Crippen LogP contribution >= 0.6 is 11.6 Å². The van der Waals surface area contributed by atoms with Crippen LogP contribution in [0.15, 0.2) is 84.9 Å². The Balaban J connectivity index is 1.78. The molecule has 0 spiro atoms. The number of quaternary nitrogens is 1. The van der Waals surface area contributed by atoms with E-state index in [4.69, 9.17) is 11.6 Å². The fourth-order valence-electron chi connectivity index (χ4n) is 2.92. The minimum absolute atomic E-state index is 0.0457. The summed E-state index contributed by atoms with van der Waals surface area (Å²) in [7, 11) is 0. The number of benzene rings is 3. The molecule has 0 saturated carbocycles. The third-order valence-corrected chi connectivity index (χ3v) is 4.67. The Kier molecular flexibility index (Phi) is 6.05. The number of carbonyl (C=O) groups is 1. The first-order valence-electron chi connectivity index (χ1n) is 8.65. The second kappa shape index (κ2) is 8.65. The largest absolute Gasteiger partial charge is 0.326 e. The van der Waals surface area contributed by atoms with Crippen molar-refractivity contribution in [1.82, 2.24) is 0 Å². The van der Waals surface area contributed by atoms with Crippen LogP contribution < -0.4 is 10.6 Å². The van der Waals surface area contributed by atoms with Crippen molar-refractivity contribution in [2.24, 2.45) is 0 Å². The van der Waals surface area contributed by atoms with E-state index in [9.17, 15) is 4.79 Å².